The van der Waals surface area contributed by atoms with Gasteiger partial charge in [-0.05, 0) is 55.3 Å². The van der Waals surface area contributed by atoms with E-state index in [1.165, 1.54) is 6.07 Å². The number of aromatic nitrogens is 1. The van der Waals surface area contributed by atoms with Gasteiger partial charge in [-0.3, -0.25) is 4.79 Å². The van der Waals surface area contributed by atoms with Crippen LogP contribution in [0.25, 0.3) is 11.1 Å². The van der Waals surface area contributed by atoms with Gasteiger partial charge in [-0.1, -0.05) is 29.4 Å². The largest absolute Gasteiger partial charge is 0.469 e. The van der Waals surface area contributed by atoms with Gasteiger partial charge in [0.1, 0.15) is 17.3 Å². The van der Waals surface area contributed by atoms with Gasteiger partial charge < -0.3 is 19.6 Å². The van der Waals surface area contributed by atoms with Crippen LogP contribution in [-0.2, 0) is 17.8 Å². The monoisotopic (exact) mass is 433 g/mol. The number of nitrogens with zero attached hydrogens (tertiary/aromatic N) is 1. The maximum atomic E-state index is 14.2. The summed E-state index contributed by atoms with van der Waals surface area (Å²) in [5.74, 6) is 0.757. The van der Waals surface area contributed by atoms with E-state index in [0.717, 1.165) is 33.9 Å². The summed E-state index contributed by atoms with van der Waals surface area (Å²) in [4.78, 5) is 12.2. The topological polar surface area (TPSA) is 80.3 Å². The Kier molecular flexibility index (Phi) is 6.35. The summed E-state index contributed by atoms with van der Waals surface area (Å²) < 4.78 is 24.6. The molecule has 0 aliphatic rings. The minimum Gasteiger partial charge on any atom is -0.469 e. The first-order chi connectivity index (χ1) is 15.5. The fourth-order valence-corrected chi connectivity index (χ4v) is 3.52. The molecule has 164 valence electrons. The molecule has 2 aromatic carbocycles. The smallest absolute Gasteiger partial charge is 0.224 e. The predicted octanol–water partition coefficient (Wildman–Crippen LogP) is 5.87. The molecule has 1 amide bonds. The Morgan fingerprint density at radius 2 is 1.91 bits per heavy atom. The Hall–Kier alpha value is -3.87. The molecule has 0 saturated carbocycles. The van der Waals surface area contributed by atoms with Crippen molar-refractivity contribution < 1.29 is 18.1 Å². The number of anilines is 2. The lowest BCUT2D eigenvalue weighted by atomic mass is 10.0. The lowest BCUT2D eigenvalue weighted by molar-refractivity contribution is -0.116. The molecule has 0 unspecified atom stereocenters. The van der Waals surface area contributed by atoms with Gasteiger partial charge in [0.2, 0.25) is 5.91 Å². The van der Waals surface area contributed by atoms with Crippen LogP contribution in [0.15, 0.2) is 69.8 Å². The van der Waals surface area contributed by atoms with Gasteiger partial charge in [0.15, 0.2) is 0 Å². The molecule has 0 aliphatic carbocycles. The van der Waals surface area contributed by atoms with Gasteiger partial charge in [-0.25, -0.2) is 4.39 Å². The van der Waals surface area contributed by atoms with E-state index in [2.05, 4.69) is 15.8 Å². The summed E-state index contributed by atoms with van der Waals surface area (Å²) >= 11 is 0. The summed E-state index contributed by atoms with van der Waals surface area (Å²) in [5, 5.41) is 9.90. The third kappa shape index (κ3) is 5.06. The van der Waals surface area contributed by atoms with Crippen molar-refractivity contribution in [3.63, 3.8) is 0 Å². The summed E-state index contributed by atoms with van der Waals surface area (Å²) in [7, 11) is 0. The van der Waals surface area contributed by atoms with E-state index in [1.54, 1.807) is 30.5 Å². The van der Waals surface area contributed by atoms with Crippen LogP contribution in [0.4, 0.5) is 15.8 Å². The second-order valence-electron chi connectivity index (χ2n) is 7.57. The summed E-state index contributed by atoms with van der Waals surface area (Å²) in [6, 6.07) is 16.3. The third-order valence-corrected chi connectivity index (χ3v) is 5.19. The molecule has 32 heavy (non-hydrogen) atoms. The van der Waals surface area contributed by atoms with Crippen molar-refractivity contribution in [2.75, 3.05) is 10.6 Å². The number of hydrogen-bond acceptors (Lipinski definition) is 5. The molecule has 7 heteroatoms. The number of furan rings is 1. The maximum Gasteiger partial charge on any atom is 0.224 e. The zero-order chi connectivity index (χ0) is 22.5. The highest BCUT2D eigenvalue weighted by Crippen LogP contribution is 2.27. The summed E-state index contributed by atoms with van der Waals surface area (Å²) in [6.07, 6.45) is 2.23. The first-order valence-electron chi connectivity index (χ1n) is 10.4. The lowest BCUT2D eigenvalue weighted by Crippen LogP contribution is -2.13. The van der Waals surface area contributed by atoms with Gasteiger partial charge >= 0.3 is 0 Å². The van der Waals surface area contributed by atoms with Crippen LogP contribution in [-0.4, -0.2) is 11.1 Å². The number of aryl methyl sites for hydroxylation is 3. The average molecular weight is 433 g/mol. The van der Waals surface area contributed by atoms with Gasteiger partial charge in [0, 0.05) is 30.6 Å². The van der Waals surface area contributed by atoms with Crippen LogP contribution in [0.5, 0.6) is 0 Å². The molecule has 0 saturated heterocycles. The molecule has 0 spiro atoms. The zero-order valence-electron chi connectivity index (χ0n) is 17.9. The molecule has 4 rings (SSSR count). The molecule has 0 aliphatic heterocycles. The molecule has 0 bridgehead atoms. The fraction of sp³-hybridized carbons (Fsp3) is 0.200. The number of hydrogen-bond donors (Lipinski definition) is 2. The van der Waals surface area contributed by atoms with Crippen LogP contribution in [0.1, 0.15) is 29.2 Å². The van der Waals surface area contributed by atoms with Crippen LogP contribution in [0.3, 0.4) is 0 Å². The Bertz CT molecular complexity index is 1180. The van der Waals surface area contributed by atoms with E-state index < -0.39 is 5.82 Å². The number of rotatable bonds is 8. The average Bonchev–Trinajstić information content (AvgIpc) is 3.43. The highest BCUT2D eigenvalue weighted by molar-refractivity contribution is 5.91. The minimum absolute atomic E-state index is 0.146. The van der Waals surface area contributed by atoms with E-state index in [0.29, 0.717) is 18.7 Å². The number of amides is 1. The van der Waals surface area contributed by atoms with E-state index >= 15 is 0 Å². The van der Waals surface area contributed by atoms with Crippen LogP contribution in [0, 0.1) is 19.7 Å². The van der Waals surface area contributed by atoms with Crippen LogP contribution < -0.4 is 10.6 Å². The summed E-state index contributed by atoms with van der Waals surface area (Å²) in [5.41, 5.74) is 4.84. The molecule has 0 fully saturated rings. The van der Waals surface area contributed by atoms with Crippen molar-refractivity contribution in [2.24, 2.45) is 0 Å². The number of benzene rings is 2. The standard InChI is InChI=1S/C25H24FN3O3/c1-16-25(17(2)32-29-16)19-7-5-18(6-8-19)15-27-20-9-11-22(26)23(14-20)28-24(30)12-10-21-4-3-13-31-21/h3-9,11,13-14,27H,10,12,15H2,1-2H3,(H,28,30). The van der Waals surface area contributed by atoms with Crippen molar-refractivity contribution in [3.05, 3.63) is 89.5 Å². The first-order valence-corrected chi connectivity index (χ1v) is 10.4. The van der Waals surface area contributed by atoms with Crippen molar-refractivity contribution in [1.29, 1.82) is 0 Å². The minimum atomic E-state index is -0.481. The second kappa shape index (κ2) is 9.51. The quantitative estimate of drug-likeness (QED) is 0.363. The molecule has 4 aromatic rings. The van der Waals surface area contributed by atoms with E-state index in [-0.39, 0.29) is 18.0 Å². The van der Waals surface area contributed by atoms with Crippen molar-refractivity contribution in [2.45, 2.75) is 33.2 Å². The van der Waals surface area contributed by atoms with Crippen molar-refractivity contribution in [3.8, 4) is 11.1 Å². The molecule has 2 aromatic heterocycles. The zero-order valence-corrected chi connectivity index (χ0v) is 17.9. The van der Waals surface area contributed by atoms with Gasteiger partial charge in [0.25, 0.3) is 0 Å². The highest BCUT2D eigenvalue weighted by atomic mass is 19.1. The van der Waals surface area contributed by atoms with E-state index in [1.807, 2.05) is 38.1 Å². The van der Waals surface area contributed by atoms with Gasteiger partial charge in [0.05, 0.1) is 17.6 Å². The molecular formula is C25H24FN3O3. The Labute approximate surface area is 185 Å². The Morgan fingerprint density at radius 3 is 2.59 bits per heavy atom. The Balaban J connectivity index is 1.36. The molecule has 2 heterocycles. The molecular weight excluding hydrogens is 409 g/mol. The molecule has 0 atom stereocenters. The van der Waals surface area contributed by atoms with Gasteiger partial charge in [-0.15, -0.1) is 0 Å². The fourth-order valence-electron chi connectivity index (χ4n) is 3.52. The number of carbonyl (C=O) groups is 1. The maximum absolute atomic E-state index is 14.2. The number of halogens is 1. The predicted molar refractivity (Wildman–Crippen MR) is 121 cm³/mol. The normalized spacial score (nSPS) is 10.8. The van der Waals surface area contributed by atoms with Crippen LogP contribution >= 0.6 is 0 Å². The molecule has 2 N–H and O–H groups in total. The van der Waals surface area contributed by atoms with Gasteiger partial charge in [-0.2, -0.15) is 0 Å². The Morgan fingerprint density at radius 1 is 1.09 bits per heavy atom. The van der Waals surface area contributed by atoms with Crippen molar-refractivity contribution >= 4 is 17.3 Å². The van der Waals surface area contributed by atoms with Crippen molar-refractivity contribution in [1.82, 2.24) is 5.16 Å². The highest BCUT2D eigenvalue weighted by Gasteiger charge is 2.12. The number of carbonyl (C=O) groups excluding carboxylic acids is 1. The SMILES string of the molecule is Cc1noc(C)c1-c1ccc(CNc2ccc(F)c(NC(=O)CCc3ccco3)c2)cc1. The second-order valence-corrected chi connectivity index (χ2v) is 7.57. The van der Waals surface area contributed by atoms with Crippen LogP contribution in [0.2, 0.25) is 0 Å². The molecule has 0 radical (unpaired) electrons. The summed E-state index contributed by atoms with van der Waals surface area (Å²) in [6.45, 7) is 4.37. The lowest BCUT2D eigenvalue weighted by Gasteiger charge is -2.11. The number of nitrogens with one attached hydrogen (secondary N) is 2. The molecule has 6 nitrogen and oxygen atoms in total. The van der Waals surface area contributed by atoms with E-state index in [4.69, 9.17) is 8.94 Å². The third-order valence-electron chi connectivity index (χ3n) is 5.19. The first kappa shape index (κ1) is 21.4. The van der Waals surface area contributed by atoms with E-state index in [9.17, 15) is 9.18 Å².